The zero-order valence-corrected chi connectivity index (χ0v) is 11.8. The van der Waals surface area contributed by atoms with Crippen LogP contribution in [-0.4, -0.2) is 19.0 Å². The molecule has 3 nitrogen and oxygen atoms in total. The summed E-state index contributed by atoms with van der Waals surface area (Å²) in [5, 5.41) is 3.96. The molecule has 3 rings (SSSR count). The molecule has 1 N–H and O–H groups in total. The zero-order chi connectivity index (χ0) is 16.4. The fourth-order valence-corrected chi connectivity index (χ4v) is 2.34. The molecule has 1 heterocycles. The van der Waals surface area contributed by atoms with Crippen LogP contribution in [0.4, 0.5) is 17.6 Å². The number of hydrogen-bond donors (Lipinski definition) is 1. The van der Waals surface area contributed by atoms with Crippen LogP contribution >= 0.6 is 0 Å². The number of ether oxygens (including phenoxy) is 1. The molecule has 2 aromatic rings. The van der Waals surface area contributed by atoms with E-state index >= 15 is 0 Å². The Bertz CT molecular complexity index is 739. The van der Waals surface area contributed by atoms with Crippen LogP contribution in [-0.2, 0) is 10.9 Å². The molecule has 0 aromatic heterocycles. The number of alkyl halides is 3. The largest absolute Gasteiger partial charge is 0.417 e. The molecule has 0 unspecified atom stereocenters. The predicted molar refractivity (Wildman–Crippen MR) is 77.3 cm³/mol. The molecule has 120 valence electrons. The van der Waals surface area contributed by atoms with Gasteiger partial charge in [-0.05, 0) is 29.3 Å². The summed E-state index contributed by atoms with van der Waals surface area (Å²) in [6, 6.07) is 8.85. The highest BCUT2D eigenvalue weighted by Gasteiger charge is 2.34. The molecule has 0 saturated carbocycles. The Balaban J connectivity index is 2.09. The number of benzene rings is 2. The highest BCUT2D eigenvalue weighted by atomic mass is 19.4. The fourth-order valence-electron chi connectivity index (χ4n) is 2.34. The lowest BCUT2D eigenvalue weighted by atomic mass is 9.95. The molecule has 0 aliphatic carbocycles. The minimum Gasteiger partial charge on any atom is -0.353 e. The first-order chi connectivity index (χ1) is 10.9. The van der Waals surface area contributed by atoms with Gasteiger partial charge in [-0.3, -0.25) is 5.43 Å². The maximum absolute atomic E-state index is 13.4. The van der Waals surface area contributed by atoms with Crippen molar-refractivity contribution in [3.05, 3.63) is 59.4 Å². The van der Waals surface area contributed by atoms with Crippen molar-refractivity contribution >= 4 is 5.71 Å². The number of halogens is 4. The average Bonchev–Trinajstić information content (AvgIpc) is 2.55. The third kappa shape index (κ3) is 3.34. The Labute approximate surface area is 129 Å². The number of nitrogens with zero attached hydrogens (tertiary/aromatic N) is 1. The summed E-state index contributed by atoms with van der Waals surface area (Å²) in [5.74, 6) is -0.501. The summed E-state index contributed by atoms with van der Waals surface area (Å²) in [7, 11) is 0. The van der Waals surface area contributed by atoms with Crippen LogP contribution in [0.2, 0.25) is 0 Å². The Morgan fingerprint density at radius 2 is 1.70 bits per heavy atom. The second kappa shape index (κ2) is 6.00. The third-order valence-corrected chi connectivity index (χ3v) is 3.43. The number of hydrogen-bond acceptors (Lipinski definition) is 3. The summed E-state index contributed by atoms with van der Waals surface area (Å²) < 4.78 is 58.3. The van der Waals surface area contributed by atoms with Crippen LogP contribution in [0.5, 0.6) is 0 Å². The summed E-state index contributed by atoms with van der Waals surface area (Å²) in [6.07, 6.45) is -4.54. The van der Waals surface area contributed by atoms with Crippen LogP contribution in [0.15, 0.2) is 47.6 Å². The van der Waals surface area contributed by atoms with Gasteiger partial charge in [-0.15, -0.1) is 0 Å². The second-order valence-electron chi connectivity index (χ2n) is 4.97. The van der Waals surface area contributed by atoms with Crippen molar-refractivity contribution < 1.29 is 22.3 Å². The monoisotopic (exact) mass is 324 g/mol. The molecule has 0 atom stereocenters. The van der Waals surface area contributed by atoms with Crippen molar-refractivity contribution in [3.8, 4) is 11.1 Å². The van der Waals surface area contributed by atoms with Gasteiger partial charge >= 0.3 is 6.18 Å². The highest BCUT2D eigenvalue weighted by molar-refractivity contribution is 6.02. The van der Waals surface area contributed by atoms with E-state index in [-0.39, 0.29) is 18.9 Å². The Kier molecular flexibility index (Phi) is 4.04. The normalized spacial score (nSPS) is 15.0. The van der Waals surface area contributed by atoms with E-state index in [4.69, 9.17) is 4.74 Å². The van der Waals surface area contributed by atoms with Crippen molar-refractivity contribution in [1.82, 2.24) is 5.43 Å². The van der Waals surface area contributed by atoms with E-state index < -0.39 is 17.6 Å². The Morgan fingerprint density at radius 1 is 1.00 bits per heavy atom. The summed E-state index contributed by atoms with van der Waals surface area (Å²) >= 11 is 0. The zero-order valence-electron chi connectivity index (χ0n) is 11.8. The third-order valence-electron chi connectivity index (χ3n) is 3.43. The van der Waals surface area contributed by atoms with Gasteiger partial charge in [0.1, 0.15) is 12.5 Å². The van der Waals surface area contributed by atoms with Crippen LogP contribution in [0.25, 0.3) is 11.1 Å². The van der Waals surface area contributed by atoms with E-state index in [1.54, 1.807) is 6.07 Å². The molecule has 0 spiro atoms. The Hall–Kier alpha value is -2.41. The minimum atomic E-state index is -4.54. The number of rotatable bonds is 2. The number of nitrogens with one attached hydrogen (secondary N) is 1. The molecule has 23 heavy (non-hydrogen) atoms. The molecule has 0 bridgehead atoms. The predicted octanol–water partition coefficient (Wildman–Crippen LogP) is 3.79. The van der Waals surface area contributed by atoms with Crippen LogP contribution in [0.3, 0.4) is 0 Å². The van der Waals surface area contributed by atoms with Gasteiger partial charge in [0, 0.05) is 5.56 Å². The molecule has 1 aliphatic rings. The maximum atomic E-state index is 13.4. The first kappa shape index (κ1) is 15.5. The lowest BCUT2D eigenvalue weighted by Gasteiger charge is -2.18. The van der Waals surface area contributed by atoms with E-state index in [0.29, 0.717) is 16.8 Å². The molecule has 0 amide bonds. The fraction of sp³-hybridized carbons (Fsp3) is 0.188. The van der Waals surface area contributed by atoms with Gasteiger partial charge in [-0.25, -0.2) is 4.39 Å². The molecule has 0 fully saturated rings. The number of hydrazone groups is 1. The van der Waals surface area contributed by atoms with Crippen LogP contribution < -0.4 is 5.43 Å². The SMILES string of the molecule is Fc1ccc(-c2ccc(C3=NNCOC3)cc2C(F)(F)F)cc1. The molecule has 1 aliphatic heterocycles. The van der Waals surface area contributed by atoms with Gasteiger partial charge in [0.25, 0.3) is 0 Å². The smallest absolute Gasteiger partial charge is 0.353 e. The van der Waals surface area contributed by atoms with E-state index in [0.717, 1.165) is 18.2 Å². The second-order valence-corrected chi connectivity index (χ2v) is 4.97. The van der Waals surface area contributed by atoms with E-state index in [1.165, 1.54) is 18.2 Å². The standard InChI is InChI=1S/C16H12F4N2O/c17-12-4-1-10(2-5-12)13-6-3-11(7-14(13)16(18,19)20)15-8-23-9-21-22-15/h1-7,21H,8-9H2. The Morgan fingerprint density at radius 3 is 2.30 bits per heavy atom. The van der Waals surface area contributed by atoms with Crippen molar-refractivity contribution in [3.63, 3.8) is 0 Å². The van der Waals surface area contributed by atoms with E-state index in [9.17, 15) is 17.6 Å². The average molecular weight is 324 g/mol. The quantitative estimate of drug-likeness (QED) is 0.853. The molecule has 0 radical (unpaired) electrons. The van der Waals surface area contributed by atoms with Crippen molar-refractivity contribution in [1.29, 1.82) is 0 Å². The lowest BCUT2D eigenvalue weighted by molar-refractivity contribution is -0.137. The van der Waals surface area contributed by atoms with Gasteiger partial charge in [0.05, 0.1) is 17.9 Å². The highest BCUT2D eigenvalue weighted by Crippen LogP contribution is 2.37. The minimum absolute atomic E-state index is 0.00784. The molecule has 7 heteroatoms. The summed E-state index contributed by atoms with van der Waals surface area (Å²) in [6.45, 7) is 0.365. The molecular formula is C16H12F4N2O. The lowest BCUT2D eigenvalue weighted by Crippen LogP contribution is -2.26. The molecule has 2 aromatic carbocycles. The van der Waals surface area contributed by atoms with Crippen LogP contribution in [0.1, 0.15) is 11.1 Å². The maximum Gasteiger partial charge on any atom is 0.417 e. The van der Waals surface area contributed by atoms with Gasteiger partial charge in [-0.2, -0.15) is 18.3 Å². The van der Waals surface area contributed by atoms with E-state index in [2.05, 4.69) is 10.5 Å². The first-order valence-corrected chi connectivity index (χ1v) is 6.80. The summed E-state index contributed by atoms with van der Waals surface area (Å²) in [5.41, 5.74) is 2.80. The first-order valence-electron chi connectivity index (χ1n) is 6.80. The van der Waals surface area contributed by atoms with Crippen LogP contribution in [0, 0.1) is 5.82 Å². The van der Waals surface area contributed by atoms with E-state index in [1.807, 2.05) is 0 Å². The van der Waals surface area contributed by atoms with Crippen molar-refractivity contribution in [2.24, 2.45) is 5.10 Å². The van der Waals surface area contributed by atoms with Crippen molar-refractivity contribution in [2.45, 2.75) is 6.18 Å². The molecule has 0 saturated heterocycles. The van der Waals surface area contributed by atoms with Gasteiger partial charge in [0.15, 0.2) is 0 Å². The molecular weight excluding hydrogens is 312 g/mol. The summed E-state index contributed by atoms with van der Waals surface area (Å²) in [4.78, 5) is 0. The van der Waals surface area contributed by atoms with Gasteiger partial charge < -0.3 is 4.74 Å². The van der Waals surface area contributed by atoms with Gasteiger partial charge in [-0.1, -0.05) is 24.3 Å². The van der Waals surface area contributed by atoms with Gasteiger partial charge in [0.2, 0.25) is 0 Å². The topological polar surface area (TPSA) is 33.6 Å². The van der Waals surface area contributed by atoms with Crippen molar-refractivity contribution in [2.75, 3.05) is 13.3 Å².